The zero-order valence-electron chi connectivity index (χ0n) is 10.5. The lowest BCUT2D eigenvalue weighted by atomic mass is 9.83. The van der Waals surface area contributed by atoms with Gasteiger partial charge in [0.05, 0.1) is 11.1 Å². The van der Waals surface area contributed by atoms with Crippen LogP contribution in [0.25, 0.3) is 0 Å². The number of hydrogen-bond donors (Lipinski definition) is 1. The minimum Gasteiger partial charge on any atom is -0.345 e. The molecular formula is C14H16BrClFNO. The Hall–Kier alpha value is -0.610. The van der Waals surface area contributed by atoms with Crippen molar-refractivity contribution in [2.75, 3.05) is 5.88 Å². The quantitative estimate of drug-likeness (QED) is 0.813. The number of alkyl halides is 1. The minimum atomic E-state index is -0.420. The highest BCUT2D eigenvalue weighted by Crippen LogP contribution is 2.30. The monoisotopic (exact) mass is 347 g/mol. The third-order valence-electron chi connectivity index (χ3n) is 3.62. The van der Waals surface area contributed by atoms with Crippen LogP contribution in [0.4, 0.5) is 4.39 Å². The molecule has 1 aliphatic carbocycles. The van der Waals surface area contributed by atoms with Gasteiger partial charge in [0.1, 0.15) is 5.82 Å². The summed E-state index contributed by atoms with van der Waals surface area (Å²) in [5, 5.41) is 3.00. The lowest BCUT2D eigenvalue weighted by molar-refractivity contribution is 0.0883. The third-order valence-corrected chi connectivity index (χ3v) is 4.82. The first-order valence-corrected chi connectivity index (χ1v) is 7.73. The number of benzene rings is 1. The highest BCUT2D eigenvalue weighted by atomic mass is 79.9. The van der Waals surface area contributed by atoms with Crippen LogP contribution in [0.2, 0.25) is 0 Å². The first kappa shape index (κ1) is 14.8. The van der Waals surface area contributed by atoms with Crippen molar-refractivity contribution in [1.82, 2.24) is 5.32 Å². The van der Waals surface area contributed by atoms with Crippen molar-refractivity contribution in [3.63, 3.8) is 0 Å². The summed E-state index contributed by atoms with van der Waals surface area (Å²) < 4.78 is 13.8. The molecule has 0 radical (unpaired) electrons. The summed E-state index contributed by atoms with van der Waals surface area (Å²) in [5.41, 5.74) is -0.0297. The normalized spacial score (nSPS) is 18.1. The molecule has 19 heavy (non-hydrogen) atoms. The summed E-state index contributed by atoms with van der Waals surface area (Å²) in [5.74, 6) is -0.295. The fraction of sp³-hybridized carbons (Fsp3) is 0.500. The molecule has 1 saturated carbocycles. The Bertz CT molecular complexity index is 475. The van der Waals surface area contributed by atoms with E-state index in [1.807, 2.05) is 0 Å². The van der Waals surface area contributed by atoms with Gasteiger partial charge >= 0.3 is 0 Å². The van der Waals surface area contributed by atoms with Gasteiger partial charge in [-0.2, -0.15) is 0 Å². The average molecular weight is 349 g/mol. The van der Waals surface area contributed by atoms with Crippen molar-refractivity contribution in [2.24, 2.45) is 0 Å². The molecule has 1 aliphatic rings. The van der Waals surface area contributed by atoms with Crippen LogP contribution >= 0.6 is 27.5 Å². The Labute approximate surface area is 125 Å². The Kier molecular flexibility index (Phi) is 4.85. The molecule has 2 nitrogen and oxygen atoms in total. The number of amides is 1. The van der Waals surface area contributed by atoms with Crippen LogP contribution in [0.1, 0.15) is 42.5 Å². The molecule has 0 aromatic heterocycles. The fourth-order valence-electron chi connectivity index (χ4n) is 2.50. The smallest absolute Gasteiger partial charge is 0.253 e. The molecule has 104 valence electrons. The second-order valence-corrected chi connectivity index (χ2v) is 6.17. The molecule has 0 atom stereocenters. The molecule has 0 bridgehead atoms. The Balaban J connectivity index is 2.17. The van der Waals surface area contributed by atoms with Gasteiger partial charge in [0.2, 0.25) is 0 Å². The number of nitrogens with one attached hydrogen (secondary N) is 1. The molecule has 0 spiro atoms. The highest BCUT2D eigenvalue weighted by Gasteiger charge is 2.33. The van der Waals surface area contributed by atoms with E-state index in [2.05, 4.69) is 21.2 Å². The lowest BCUT2D eigenvalue weighted by Crippen LogP contribution is -2.51. The van der Waals surface area contributed by atoms with E-state index in [0.29, 0.717) is 15.9 Å². The van der Waals surface area contributed by atoms with Crippen LogP contribution in [0, 0.1) is 5.82 Å². The van der Waals surface area contributed by atoms with Gasteiger partial charge in [-0.3, -0.25) is 4.79 Å². The molecule has 0 saturated heterocycles. The first-order chi connectivity index (χ1) is 9.06. The van der Waals surface area contributed by atoms with Gasteiger partial charge < -0.3 is 5.32 Å². The van der Waals surface area contributed by atoms with E-state index >= 15 is 0 Å². The van der Waals surface area contributed by atoms with Crippen molar-refractivity contribution in [2.45, 2.75) is 37.6 Å². The van der Waals surface area contributed by atoms with E-state index in [4.69, 9.17) is 11.6 Å². The van der Waals surface area contributed by atoms with Crippen LogP contribution in [-0.2, 0) is 0 Å². The van der Waals surface area contributed by atoms with Crippen molar-refractivity contribution < 1.29 is 9.18 Å². The Morgan fingerprint density at radius 1 is 1.37 bits per heavy atom. The van der Waals surface area contributed by atoms with Gasteiger partial charge in [0.15, 0.2) is 0 Å². The van der Waals surface area contributed by atoms with Crippen molar-refractivity contribution in [3.8, 4) is 0 Å². The zero-order chi connectivity index (χ0) is 13.9. The number of hydrogen-bond acceptors (Lipinski definition) is 1. The van der Waals surface area contributed by atoms with Gasteiger partial charge in [-0.1, -0.05) is 19.3 Å². The van der Waals surface area contributed by atoms with Crippen LogP contribution in [0.3, 0.4) is 0 Å². The van der Waals surface area contributed by atoms with Gasteiger partial charge in [0.25, 0.3) is 5.91 Å². The molecule has 1 N–H and O–H groups in total. The van der Waals surface area contributed by atoms with E-state index in [1.54, 1.807) is 6.07 Å². The lowest BCUT2D eigenvalue weighted by Gasteiger charge is -2.36. The fourth-order valence-corrected chi connectivity index (χ4v) is 3.26. The molecule has 1 aromatic carbocycles. The molecule has 0 unspecified atom stereocenters. The molecular weight excluding hydrogens is 333 g/mol. The summed E-state index contributed by atoms with van der Waals surface area (Å²) in [7, 11) is 0. The molecule has 0 aliphatic heterocycles. The molecule has 0 heterocycles. The number of carbonyl (C=O) groups is 1. The maximum atomic E-state index is 13.2. The van der Waals surface area contributed by atoms with Crippen LogP contribution in [-0.4, -0.2) is 17.3 Å². The predicted molar refractivity (Wildman–Crippen MR) is 78.1 cm³/mol. The summed E-state index contributed by atoms with van der Waals surface area (Å²) >= 11 is 9.31. The highest BCUT2D eigenvalue weighted by molar-refractivity contribution is 9.10. The maximum absolute atomic E-state index is 13.2. The molecule has 1 fully saturated rings. The summed E-state index contributed by atoms with van der Waals surface area (Å²) in [6.07, 6.45) is 5.08. The van der Waals surface area contributed by atoms with E-state index in [9.17, 15) is 9.18 Å². The molecule has 1 aromatic rings. The van der Waals surface area contributed by atoms with Crippen LogP contribution in [0.15, 0.2) is 22.7 Å². The summed E-state index contributed by atoms with van der Waals surface area (Å²) in [6, 6.07) is 4.10. The second-order valence-electron chi connectivity index (χ2n) is 5.05. The number of rotatable bonds is 3. The average Bonchev–Trinajstić information content (AvgIpc) is 2.42. The topological polar surface area (TPSA) is 29.1 Å². The van der Waals surface area contributed by atoms with Gasteiger partial charge in [-0.15, -0.1) is 11.6 Å². The SMILES string of the molecule is O=C(NC1(CCl)CCCCC1)c1cc(F)ccc1Br. The van der Waals surface area contributed by atoms with Crippen LogP contribution < -0.4 is 5.32 Å². The van der Waals surface area contributed by atoms with Crippen molar-refractivity contribution in [3.05, 3.63) is 34.1 Å². The maximum Gasteiger partial charge on any atom is 0.253 e. The Morgan fingerprint density at radius 2 is 2.05 bits per heavy atom. The van der Waals surface area contributed by atoms with Crippen molar-refractivity contribution >= 4 is 33.4 Å². The number of carbonyl (C=O) groups excluding carboxylic acids is 1. The first-order valence-electron chi connectivity index (χ1n) is 6.40. The van der Waals surface area contributed by atoms with E-state index < -0.39 is 5.82 Å². The predicted octanol–water partition coefficient (Wildman–Crippen LogP) is 4.26. The zero-order valence-corrected chi connectivity index (χ0v) is 12.9. The van der Waals surface area contributed by atoms with Gasteiger partial charge in [-0.25, -0.2) is 4.39 Å². The summed E-state index contributed by atoms with van der Waals surface area (Å²) in [4.78, 5) is 12.3. The van der Waals surface area contributed by atoms with Gasteiger partial charge in [0, 0.05) is 10.4 Å². The van der Waals surface area contributed by atoms with E-state index in [-0.39, 0.29) is 11.4 Å². The third kappa shape index (κ3) is 3.48. The van der Waals surface area contributed by atoms with E-state index in [1.165, 1.54) is 18.6 Å². The Morgan fingerprint density at radius 3 is 2.68 bits per heavy atom. The van der Waals surface area contributed by atoms with Crippen molar-refractivity contribution in [1.29, 1.82) is 0 Å². The summed E-state index contributed by atoms with van der Waals surface area (Å²) in [6.45, 7) is 0. The van der Waals surface area contributed by atoms with Gasteiger partial charge in [-0.05, 0) is 47.0 Å². The molecule has 5 heteroatoms. The molecule has 2 rings (SSSR count). The minimum absolute atomic E-state index is 0.270. The number of halogens is 3. The van der Waals surface area contributed by atoms with E-state index in [0.717, 1.165) is 25.7 Å². The molecule has 1 amide bonds. The largest absolute Gasteiger partial charge is 0.345 e. The standard InChI is InChI=1S/C14H16BrClFNO/c15-12-5-4-10(17)8-11(12)13(19)18-14(9-16)6-2-1-3-7-14/h4-5,8H,1-3,6-7,9H2,(H,18,19). The second kappa shape index (κ2) is 6.23. The van der Waals surface area contributed by atoms with Crippen LogP contribution in [0.5, 0.6) is 0 Å².